The summed E-state index contributed by atoms with van der Waals surface area (Å²) in [5, 5.41) is 5.97. The van der Waals surface area contributed by atoms with Crippen molar-refractivity contribution in [1.82, 2.24) is 20.6 Å². The van der Waals surface area contributed by atoms with E-state index in [0.717, 1.165) is 59.3 Å². The van der Waals surface area contributed by atoms with Crippen molar-refractivity contribution in [3.63, 3.8) is 0 Å². The summed E-state index contributed by atoms with van der Waals surface area (Å²) in [6.07, 6.45) is 3.37. The van der Waals surface area contributed by atoms with Gasteiger partial charge in [0.2, 0.25) is 0 Å². The fourth-order valence-corrected chi connectivity index (χ4v) is 5.17. The van der Waals surface area contributed by atoms with E-state index in [1.165, 1.54) is 0 Å². The highest BCUT2D eigenvalue weighted by molar-refractivity contribution is 5.93. The standard InChI is InChI=1S/C33H42N6O2.2ClH/c1-23-7-11-25(12-8-23)33(26-13-9-24(2)10-14-26,29-17-15-27(38-29)31(40)36-21-5-3-19-34)30-18-16-28(39-30)32(41)37-22-6-4-20-35;;/h7-18,38-39H,3-6,19-22,34-35H2,1-2H3,(H,36,40)(H,37,41);2*1H. The summed E-state index contributed by atoms with van der Waals surface area (Å²) in [5.74, 6) is -0.335. The van der Waals surface area contributed by atoms with Gasteiger partial charge in [-0.2, -0.15) is 0 Å². The van der Waals surface area contributed by atoms with E-state index in [4.69, 9.17) is 11.5 Å². The molecule has 8 N–H and O–H groups in total. The van der Waals surface area contributed by atoms with Gasteiger partial charge in [0.05, 0.1) is 0 Å². The average molecular weight is 628 g/mol. The number of H-pyrrole nitrogens is 2. The molecule has 0 saturated heterocycles. The number of hydrogen-bond acceptors (Lipinski definition) is 4. The van der Waals surface area contributed by atoms with E-state index in [1.807, 2.05) is 24.3 Å². The molecule has 2 aromatic carbocycles. The first-order valence-corrected chi connectivity index (χ1v) is 14.4. The van der Waals surface area contributed by atoms with Gasteiger partial charge in [0.1, 0.15) is 16.8 Å². The molecule has 2 heterocycles. The van der Waals surface area contributed by atoms with Crippen LogP contribution < -0.4 is 22.1 Å². The summed E-state index contributed by atoms with van der Waals surface area (Å²) in [6, 6.07) is 24.3. The molecule has 4 aromatic rings. The van der Waals surface area contributed by atoms with Crippen LogP contribution in [0.15, 0.2) is 72.8 Å². The Morgan fingerprint density at radius 3 is 1.33 bits per heavy atom. The molecule has 2 aromatic heterocycles. The first kappa shape index (κ1) is 35.6. The van der Waals surface area contributed by atoms with E-state index >= 15 is 0 Å². The molecule has 0 aliphatic heterocycles. The quantitative estimate of drug-likeness (QED) is 0.108. The summed E-state index contributed by atoms with van der Waals surface area (Å²) in [5.41, 5.74) is 17.2. The first-order valence-electron chi connectivity index (χ1n) is 14.4. The molecule has 8 nitrogen and oxygen atoms in total. The van der Waals surface area contributed by atoms with Gasteiger partial charge in [-0.1, -0.05) is 59.7 Å². The molecule has 0 aliphatic carbocycles. The Morgan fingerprint density at radius 2 is 0.977 bits per heavy atom. The molecule has 0 unspecified atom stereocenters. The molecule has 43 heavy (non-hydrogen) atoms. The smallest absolute Gasteiger partial charge is 0.267 e. The number of aromatic nitrogens is 2. The highest BCUT2D eigenvalue weighted by Gasteiger charge is 2.41. The number of amides is 2. The van der Waals surface area contributed by atoms with Gasteiger partial charge in [-0.15, -0.1) is 24.8 Å². The molecule has 0 aliphatic rings. The van der Waals surface area contributed by atoms with Gasteiger partial charge in [-0.25, -0.2) is 0 Å². The van der Waals surface area contributed by atoms with Gasteiger partial charge >= 0.3 is 0 Å². The number of aryl methyl sites for hydroxylation is 2. The van der Waals surface area contributed by atoms with Crippen molar-refractivity contribution in [2.24, 2.45) is 11.5 Å². The second-order valence-corrected chi connectivity index (χ2v) is 10.6. The lowest BCUT2D eigenvalue weighted by Crippen LogP contribution is -2.33. The third kappa shape index (κ3) is 8.30. The topological polar surface area (TPSA) is 142 Å². The number of nitrogens with one attached hydrogen (secondary N) is 4. The van der Waals surface area contributed by atoms with Crippen molar-refractivity contribution in [3.8, 4) is 0 Å². The van der Waals surface area contributed by atoms with Gasteiger partial charge in [0.25, 0.3) is 11.8 Å². The molecule has 0 atom stereocenters. The molecule has 2 amide bonds. The maximum atomic E-state index is 13.0. The van der Waals surface area contributed by atoms with Crippen molar-refractivity contribution in [2.45, 2.75) is 44.9 Å². The van der Waals surface area contributed by atoms with E-state index in [1.54, 1.807) is 0 Å². The van der Waals surface area contributed by atoms with E-state index in [2.05, 4.69) is 83.0 Å². The maximum absolute atomic E-state index is 13.0. The predicted octanol–water partition coefficient (Wildman–Crippen LogP) is 5.12. The molecule has 4 rings (SSSR count). The number of unbranched alkanes of at least 4 members (excludes halogenated alkanes) is 2. The normalized spacial score (nSPS) is 10.9. The molecular weight excluding hydrogens is 583 g/mol. The van der Waals surface area contributed by atoms with Crippen LogP contribution in [0.4, 0.5) is 0 Å². The van der Waals surface area contributed by atoms with Crippen molar-refractivity contribution in [3.05, 3.63) is 118 Å². The molecular formula is C33H44Cl2N6O2. The molecule has 0 fully saturated rings. The van der Waals surface area contributed by atoms with Crippen LogP contribution in [0.5, 0.6) is 0 Å². The Hall–Kier alpha value is -3.56. The summed E-state index contributed by atoms with van der Waals surface area (Å²) in [4.78, 5) is 33.0. The van der Waals surface area contributed by atoms with Crippen molar-refractivity contribution in [1.29, 1.82) is 0 Å². The maximum Gasteiger partial charge on any atom is 0.267 e. The molecule has 10 heteroatoms. The third-order valence-electron chi connectivity index (χ3n) is 7.47. The predicted molar refractivity (Wildman–Crippen MR) is 179 cm³/mol. The Balaban J connectivity index is 0.00000323. The van der Waals surface area contributed by atoms with Crippen molar-refractivity contribution < 1.29 is 9.59 Å². The second kappa shape index (κ2) is 16.9. The number of nitrogens with two attached hydrogens (primary N) is 2. The Bertz CT molecular complexity index is 1320. The largest absolute Gasteiger partial charge is 0.353 e. The number of aromatic amines is 2. The van der Waals surface area contributed by atoms with Crippen molar-refractivity contribution in [2.75, 3.05) is 26.2 Å². The van der Waals surface area contributed by atoms with Crippen molar-refractivity contribution >= 4 is 36.6 Å². The molecule has 0 bridgehead atoms. The number of carbonyl (C=O) groups excluding carboxylic acids is 2. The lowest BCUT2D eigenvalue weighted by molar-refractivity contribution is 0.0940. The highest BCUT2D eigenvalue weighted by atomic mass is 35.5. The number of carbonyl (C=O) groups is 2. The van der Waals surface area contributed by atoms with Gasteiger partial charge < -0.3 is 32.1 Å². The first-order chi connectivity index (χ1) is 19.9. The van der Waals surface area contributed by atoms with E-state index in [-0.39, 0.29) is 36.6 Å². The summed E-state index contributed by atoms with van der Waals surface area (Å²) < 4.78 is 0. The number of benzene rings is 2. The minimum atomic E-state index is -0.850. The SMILES string of the molecule is Cc1ccc(C(c2ccc(C)cc2)(c2ccc(C(=O)NCCCCN)[nH]2)c2ccc(C(=O)NCCCCN)[nH]2)cc1.Cl.Cl. The average Bonchev–Trinajstić information content (AvgIpc) is 3.67. The van der Waals surface area contributed by atoms with Gasteiger partial charge in [-0.3, -0.25) is 9.59 Å². The fraction of sp³-hybridized carbons (Fsp3) is 0.333. The summed E-state index contributed by atoms with van der Waals surface area (Å²) in [6.45, 7) is 6.43. The lowest BCUT2D eigenvalue weighted by atomic mass is 9.69. The number of halogens is 2. The number of rotatable bonds is 14. The van der Waals surface area contributed by atoms with Crippen LogP contribution in [0.2, 0.25) is 0 Å². The highest BCUT2D eigenvalue weighted by Crippen LogP contribution is 2.44. The van der Waals surface area contributed by atoms with Crippen LogP contribution in [0.25, 0.3) is 0 Å². The summed E-state index contributed by atoms with van der Waals surface area (Å²) >= 11 is 0. The molecule has 0 saturated carbocycles. The zero-order chi connectivity index (χ0) is 29.2. The van der Waals surface area contributed by atoms with Crippen LogP contribution in [0.1, 0.15) is 80.3 Å². The fourth-order valence-electron chi connectivity index (χ4n) is 5.17. The monoisotopic (exact) mass is 626 g/mol. The van der Waals surface area contributed by atoms with Gasteiger partial charge in [0.15, 0.2) is 0 Å². The van der Waals surface area contributed by atoms with E-state index in [0.29, 0.717) is 37.6 Å². The van der Waals surface area contributed by atoms with E-state index in [9.17, 15) is 9.59 Å². The zero-order valence-electron chi connectivity index (χ0n) is 24.9. The van der Waals surface area contributed by atoms with Gasteiger partial charge in [0, 0.05) is 24.5 Å². The van der Waals surface area contributed by atoms with Crippen LogP contribution in [0, 0.1) is 13.8 Å². The molecule has 0 radical (unpaired) electrons. The van der Waals surface area contributed by atoms with Gasteiger partial charge in [-0.05, 0) is 88.0 Å². The molecule has 232 valence electrons. The Labute approximate surface area is 266 Å². The Kier molecular flexibility index (Phi) is 14.0. The van der Waals surface area contributed by atoms with Crippen LogP contribution in [-0.2, 0) is 5.41 Å². The second-order valence-electron chi connectivity index (χ2n) is 10.6. The van der Waals surface area contributed by atoms with E-state index < -0.39 is 5.41 Å². The third-order valence-corrected chi connectivity index (χ3v) is 7.47. The minimum Gasteiger partial charge on any atom is -0.353 e. The summed E-state index contributed by atoms with van der Waals surface area (Å²) in [7, 11) is 0. The van der Waals surface area contributed by atoms with Crippen LogP contribution in [-0.4, -0.2) is 48.0 Å². The van der Waals surface area contributed by atoms with Crippen LogP contribution >= 0.6 is 24.8 Å². The lowest BCUT2D eigenvalue weighted by Gasteiger charge is -2.34. The Morgan fingerprint density at radius 1 is 0.605 bits per heavy atom. The minimum absolute atomic E-state index is 0. The number of hydrogen-bond donors (Lipinski definition) is 6. The zero-order valence-corrected chi connectivity index (χ0v) is 26.5. The molecule has 0 spiro atoms. The van der Waals surface area contributed by atoms with Crippen LogP contribution in [0.3, 0.4) is 0 Å².